The zero-order chi connectivity index (χ0) is 14.8. The van der Waals surface area contributed by atoms with E-state index in [1.165, 1.54) is 0 Å². The molecule has 1 aromatic carbocycles. The van der Waals surface area contributed by atoms with Crippen molar-refractivity contribution < 1.29 is 4.79 Å². The largest absolute Gasteiger partial charge is 0.373 e. The van der Waals surface area contributed by atoms with E-state index in [0.717, 1.165) is 11.7 Å². The van der Waals surface area contributed by atoms with Crippen LogP contribution in [0, 0.1) is 0 Å². The maximum Gasteiger partial charge on any atom is 0.274 e. The lowest BCUT2D eigenvalue weighted by atomic mass is 10.2. The third kappa shape index (κ3) is 2.65. The van der Waals surface area contributed by atoms with Gasteiger partial charge in [0.15, 0.2) is 0 Å². The van der Waals surface area contributed by atoms with Crippen LogP contribution in [0.4, 0.5) is 11.5 Å². The van der Waals surface area contributed by atoms with Gasteiger partial charge in [-0.2, -0.15) is 8.75 Å². The van der Waals surface area contributed by atoms with E-state index in [2.05, 4.69) is 24.4 Å². The average Bonchev–Trinajstić information content (AvgIpc) is 2.99. The van der Waals surface area contributed by atoms with E-state index in [1.54, 1.807) is 37.4 Å². The van der Waals surface area contributed by atoms with E-state index < -0.39 is 0 Å². The van der Waals surface area contributed by atoms with E-state index in [9.17, 15) is 4.79 Å². The first kappa shape index (κ1) is 13.7. The molecule has 0 atom stereocenters. The Balaban J connectivity index is 1.96. The van der Waals surface area contributed by atoms with Gasteiger partial charge in [0.25, 0.3) is 5.91 Å². The first-order valence-electron chi connectivity index (χ1n) is 6.06. The number of rotatable bonds is 3. The third-order valence-electron chi connectivity index (χ3n) is 2.85. The Morgan fingerprint density at radius 3 is 2.90 bits per heavy atom. The summed E-state index contributed by atoms with van der Waals surface area (Å²) < 4.78 is 8.28. The van der Waals surface area contributed by atoms with Crippen molar-refractivity contribution in [3.05, 3.63) is 41.0 Å². The maximum absolute atomic E-state index is 12.3. The molecule has 1 amide bonds. The number of anilines is 2. The van der Waals surface area contributed by atoms with Crippen LogP contribution in [0.2, 0.25) is 5.02 Å². The van der Waals surface area contributed by atoms with Crippen LogP contribution in [0.1, 0.15) is 10.5 Å². The van der Waals surface area contributed by atoms with Crippen molar-refractivity contribution in [1.29, 1.82) is 0 Å². The van der Waals surface area contributed by atoms with Crippen LogP contribution in [0.15, 0.2) is 30.3 Å². The number of benzene rings is 1. The fourth-order valence-corrected chi connectivity index (χ4v) is 2.57. The lowest BCUT2D eigenvalue weighted by molar-refractivity contribution is 0.102. The Morgan fingerprint density at radius 2 is 2.10 bits per heavy atom. The lowest BCUT2D eigenvalue weighted by Crippen LogP contribution is -2.14. The van der Waals surface area contributed by atoms with Crippen molar-refractivity contribution >= 4 is 51.8 Å². The summed E-state index contributed by atoms with van der Waals surface area (Å²) in [5.41, 5.74) is 2.00. The summed E-state index contributed by atoms with van der Waals surface area (Å²) in [4.78, 5) is 16.5. The van der Waals surface area contributed by atoms with Crippen LogP contribution in [0.5, 0.6) is 0 Å². The minimum Gasteiger partial charge on any atom is -0.373 e. The molecule has 21 heavy (non-hydrogen) atoms. The van der Waals surface area contributed by atoms with Gasteiger partial charge in [0, 0.05) is 7.05 Å². The molecule has 0 spiro atoms. The van der Waals surface area contributed by atoms with Crippen molar-refractivity contribution in [2.24, 2.45) is 0 Å². The van der Waals surface area contributed by atoms with Gasteiger partial charge in [-0.25, -0.2) is 4.98 Å². The molecule has 0 radical (unpaired) electrons. The molecular formula is C13H10ClN5OS. The summed E-state index contributed by atoms with van der Waals surface area (Å²) in [7, 11) is 1.74. The molecule has 0 fully saturated rings. The third-order valence-corrected chi connectivity index (χ3v) is 3.71. The van der Waals surface area contributed by atoms with Gasteiger partial charge in [-0.05, 0) is 24.3 Å². The van der Waals surface area contributed by atoms with Gasteiger partial charge in [-0.3, -0.25) is 4.79 Å². The molecule has 8 heteroatoms. The van der Waals surface area contributed by atoms with E-state index in [0.29, 0.717) is 27.6 Å². The molecule has 6 nitrogen and oxygen atoms in total. The average molecular weight is 320 g/mol. The molecule has 0 aliphatic rings. The van der Waals surface area contributed by atoms with Crippen LogP contribution >= 0.6 is 23.3 Å². The normalized spacial score (nSPS) is 10.6. The van der Waals surface area contributed by atoms with Crippen LogP contribution in [-0.4, -0.2) is 26.7 Å². The van der Waals surface area contributed by atoms with Gasteiger partial charge in [-0.1, -0.05) is 17.7 Å². The minimum absolute atomic E-state index is 0.290. The van der Waals surface area contributed by atoms with Gasteiger partial charge < -0.3 is 10.6 Å². The zero-order valence-corrected chi connectivity index (χ0v) is 12.5. The first-order chi connectivity index (χ1) is 10.2. The second kappa shape index (κ2) is 5.63. The summed E-state index contributed by atoms with van der Waals surface area (Å²) in [6, 6.07) is 8.59. The molecule has 0 saturated carbocycles. The molecule has 3 rings (SSSR count). The fourth-order valence-electron chi connectivity index (χ4n) is 1.82. The summed E-state index contributed by atoms with van der Waals surface area (Å²) >= 11 is 7.21. The summed E-state index contributed by atoms with van der Waals surface area (Å²) in [5.74, 6) is 0.261. The molecule has 0 unspecified atom stereocenters. The number of hydrogen-bond acceptors (Lipinski definition) is 6. The Bertz CT molecular complexity index is 819. The Labute approximate surface area is 129 Å². The highest BCUT2D eigenvalue weighted by molar-refractivity contribution is 7.00. The number of halogens is 1. The number of carbonyl (C=O) groups is 1. The topological polar surface area (TPSA) is 79.8 Å². The quantitative estimate of drug-likeness (QED) is 0.775. The Hall–Kier alpha value is -2.25. The molecule has 2 aromatic heterocycles. The molecule has 0 aliphatic heterocycles. The fraction of sp³-hybridized carbons (Fsp3) is 0.0769. The highest BCUT2D eigenvalue weighted by Gasteiger charge is 2.15. The summed E-state index contributed by atoms with van der Waals surface area (Å²) in [6.07, 6.45) is 0. The number of fused-ring (bicyclic) bond motifs is 1. The molecule has 3 aromatic rings. The van der Waals surface area contributed by atoms with Gasteiger partial charge in [-0.15, -0.1) is 0 Å². The van der Waals surface area contributed by atoms with Gasteiger partial charge >= 0.3 is 0 Å². The number of carbonyl (C=O) groups excluding carboxylic acids is 1. The molecule has 0 saturated heterocycles. The number of amides is 1. The van der Waals surface area contributed by atoms with Crippen LogP contribution in [-0.2, 0) is 0 Å². The van der Waals surface area contributed by atoms with Gasteiger partial charge in [0.2, 0.25) is 0 Å². The second-order valence-corrected chi connectivity index (χ2v) is 5.10. The van der Waals surface area contributed by atoms with Crippen molar-refractivity contribution in [3.63, 3.8) is 0 Å². The summed E-state index contributed by atoms with van der Waals surface area (Å²) in [5, 5.41) is 6.05. The molecular weight excluding hydrogens is 310 g/mol. The van der Waals surface area contributed by atoms with Gasteiger partial charge in [0.05, 0.1) is 22.4 Å². The monoisotopic (exact) mass is 319 g/mol. The number of nitrogens with one attached hydrogen (secondary N) is 2. The molecule has 0 bridgehead atoms. The maximum atomic E-state index is 12.3. The number of aromatic nitrogens is 3. The Kier molecular flexibility index (Phi) is 3.68. The highest BCUT2D eigenvalue weighted by atomic mass is 35.5. The van der Waals surface area contributed by atoms with Crippen LogP contribution < -0.4 is 10.6 Å². The first-order valence-corrected chi connectivity index (χ1v) is 7.17. The van der Waals surface area contributed by atoms with Crippen molar-refractivity contribution in [2.45, 2.75) is 0 Å². The van der Waals surface area contributed by atoms with Crippen molar-refractivity contribution in [2.75, 3.05) is 17.7 Å². The molecule has 2 heterocycles. The van der Waals surface area contributed by atoms with E-state index in [-0.39, 0.29) is 11.6 Å². The van der Waals surface area contributed by atoms with Gasteiger partial charge in [0.1, 0.15) is 22.5 Å². The van der Waals surface area contributed by atoms with Crippen molar-refractivity contribution in [3.8, 4) is 0 Å². The van der Waals surface area contributed by atoms with Crippen LogP contribution in [0.3, 0.4) is 0 Å². The lowest BCUT2D eigenvalue weighted by Gasteiger charge is -2.08. The molecule has 0 aliphatic carbocycles. The Morgan fingerprint density at radius 1 is 1.24 bits per heavy atom. The van der Waals surface area contributed by atoms with Crippen LogP contribution in [0.25, 0.3) is 11.0 Å². The highest BCUT2D eigenvalue weighted by Crippen LogP contribution is 2.30. The molecule has 106 valence electrons. The predicted molar refractivity (Wildman–Crippen MR) is 84.2 cm³/mol. The summed E-state index contributed by atoms with van der Waals surface area (Å²) in [6.45, 7) is 0. The smallest absolute Gasteiger partial charge is 0.274 e. The standard InChI is InChI=1S/C13H10ClN5OS/c1-15-10-4-2-3-9(16-10)13(20)17-11-7(14)5-6-8-12(11)19-21-18-8/h2-6H,1H3,(H,15,16)(H,17,20). The predicted octanol–water partition coefficient (Wildman–Crippen LogP) is 3.03. The number of nitrogens with zero attached hydrogens (tertiary/aromatic N) is 3. The van der Waals surface area contributed by atoms with E-state index >= 15 is 0 Å². The zero-order valence-electron chi connectivity index (χ0n) is 10.9. The van der Waals surface area contributed by atoms with Crippen molar-refractivity contribution in [1.82, 2.24) is 13.7 Å². The number of pyridine rings is 1. The minimum atomic E-state index is -0.352. The number of hydrogen-bond donors (Lipinski definition) is 2. The van der Waals surface area contributed by atoms with E-state index in [1.807, 2.05) is 0 Å². The van der Waals surface area contributed by atoms with E-state index in [4.69, 9.17) is 11.6 Å². The molecule has 2 N–H and O–H groups in total. The second-order valence-electron chi connectivity index (χ2n) is 4.17. The SMILES string of the molecule is CNc1cccc(C(=O)Nc2c(Cl)ccc3nsnc23)n1.